The van der Waals surface area contributed by atoms with E-state index in [2.05, 4.69) is 21.3 Å². The van der Waals surface area contributed by atoms with Crippen molar-refractivity contribution in [2.75, 3.05) is 19.7 Å². The Labute approximate surface area is 236 Å². The summed E-state index contributed by atoms with van der Waals surface area (Å²) in [5, 5.41) is 10.5. The molecule has 1 aromatic carbocycles. The Balaban J connectivity index is 0.00000117. The first-order valence-electron chi connectivity index (χ1n) is 13.5. The molecule has 1 heterocycles. The fourth-order valence-electron chi connectivity index (χ4n) is 3.64. The first-order valence-corrected chi connectivity index (χ1v) is 13.5. The molecule has 11 heteroatoms. The number of alkyl carbamates (subject to hydrolysis) is 1. The zero-order valence-electron chi connectivity index (χ0n) is 24.3. The predicted molar refractivity (Wildman–Crippen MR) is 151 cm³/mol. The van der Waals surface area contributed by atoms with Crippen LogP contribution >= 0.6 is 0 Å². The topological polar surface area (TPSA) is 152 Å². The third-order valence-electron chi connectivity index (χ3n) is 5.51. The maximum atomic E-state index is 12.6. The van der Waals surface area contributed by atoms with Gasteiger partial charge in [0.2, 0.25) is 17.7 Å². The van der Waals surface area contributed by atoms with Gasteiger partial charge in [0.1, 0.15) is 11.6 Å². The lowest BCUT2D eigenvalue weighted by Crippen LogP contribution is -2.52. The van der Waals surface area contributed by atoms with E-state index in [-0.39, 0.29) is 30.9 Å². The number of ether oxygens (including phenoxy) is 2. The van der Waals surface area contributed by atoms with Gasteiger partial charge < -0.3 is 30.7 Å². The molecule has 2 rings (SSSR count). The molecule has 11 nitrogen and oxygen atoms in total. The normalized spacial score (nSPS) is 16.2. The molecule has 1 aromatic rings. The van der Waals surface area contributed by atoms with Gasteiger partial charge in [-0.15, -0.1) is 0 Å². The van der Waals surface area contributed by atoms with Gasteiger partial charge in [0.05, 0.1) is 13.2 Å². The van der Waals surface area contributed by atoms with Crippen molar-refractivity contribution in [1.29, 1.82) is 0 Å². The summed E-state index contributed by atoms with van der Waals surface area (Å²) in [4.78, 5) is 60.7. The number of benzene rings is 1. The summed E-state index contributed by atoms with van der Waals surface area (Å²) < 4.78 is 10.1. The minimum atomic E-state index is -0.899. The Kier molecular flexibility index (Phi) is 15.1. The van der Waals surface area contributed by atoms with Crippen LogP contribution in [0.5, 0.6) is 0 Å². The summed E-state index contributed by atoms with van der Waals surface area (Å²) in [6, 6.07) is 10.5. The van der Waals surface area contributed by atoms with Crippen LogP contribution in [-0.2, 0) is 28.7 Å². The SMILES string of the molecule is CCOC(=O)/C=C/C(CC1CCNC1=O)NC(=O)CNC(=O)C(NC(=O)OC(C)(C)C)C(C)C.c1ccccc1. The lowest BCUT2D eigenvalue weighted by atomic mass is 9.98. The molecular weight excluding hydrogens is 516 g/mol. The van der Waals surface area contributed by atoms with Gasteiger partial charge in [0, 0.05) is 24.6 Å². The van der Waals surface area contributed by atoms with Crippen molar-refractivity contribution in [3.05, 3.63) is 48.6 Å². The van der Waals surface area contributed by atoms with E-state index in [0.717, 1.165) is 0 Å². The van der Waals surface area contributed by atoms with Crippen LogP contribution in [0, 0.1) is 11.8 Å². The molecular formula is C29H44N4O7. The standard InChI is InChI=1S/C23H38N4O7.C6H6/c1-7-33-18(29)9-8-16(12-15-10-11-24-20(15)30)26-17(28)13-25-21(31)19(14(2)3)27-22(32)34-23(4,5)6;1-2-4-6-5-3-1/h8-9,14-16,19H,7,10-13H2,1-6H3,(H,24,30)(H,25,31)(H,26,28)(H,27,32);1-6H/b9-8+;. The van der Waals surface area contributed by atoms with Crippen LogP contribution in [0.1, 0.15) is 54.4 Å². The summed E-state index contributed by atoms with van der Waals surface area (Å²) in [5.41, 5.74) is -0.718. The second kappa shape index (κ2) is 17.6. The highest BCUT2D eigenvalue weighted by Gasteiger charge is 2.29. The summed E-state index contributed by atoms with van der Waals surface area (Å²) in [6.07, 6.45) is 2.88. The maximum Gasteiger partial charge on any atom is 0.408 e. The molecule has 4 N–H and O–H groups in total. The maximum absolute atomic E-state index is 12.6. The van der Waals surface area contributed by atoms with Crippen LogP contribution in [0.4, 0.5) is 4.79 Å². The molecule has 0 bridgehead atoms. The zero-order chi connectivity index (χ0) is 30.1. The van der Waals surface area contributed by atoms with E-state index in [9.17, 15) is 24.0 Å². The average Bonchev–Trinajstić information content (AvgIpc) is 3.28. The minimum absolute atomic E-state index is 0.106. The Bertz CT molecular complexity index is 963. The van der Waals surface area contributed by atoms with Crippen molar-refractivity contribution in [3.63, 3.8) is 0 Å². The Morgan fingerprint density at radius 3 is 2.12 bits per heavy atom. The second-order valence-electron chi connectivity index (χ2n) is 10.5. The van der Waals surface area contributed by atoms with Gasteiger partial charge in [-0.25, -0.2) is 9.59 Å². The van der Waals surface area contributed by atoms with Crippen LogP contribution in [0.15, 0.2) is 48.6 Å². The summed E-state index contributed by atoms with van der Waals surface area (Å²) >= 11 is 0. The molecule has 40 heavy (non-hydrogen) atoms. The van der Waals surface area contributed by atoms with E-state index in [4.69, 9.17) is 9.47 Å². The molecule has 3 unspecified atom stereocenters. The van der Waals surface area contributed by atoms with E-state index < -0.39 is 41.6 Å². The fraction of sp³-hybridized carbons (Fsp3) is 0.552. The Hall–Kier alpha value is -3.89. The summed E-state index contributed by atoms with van der Waals surface area (Å²) in [7, 11) is 0. The number of rotatable bonds is 11. The zero-order valence-corrected chi connectivity index (χ0v) is 24.3. The predicted octanol–water partition coefficient (Wildman–Crippen LogP) is 2.47. The summed E-state index contributed by atoms with van der Waals surface area (Å²) in [6.45, 7) is 10.7. The highest BCUT2D eigenvalue weighted by molar-refractivity contribution is 5.90. The lowest BCUT2D eigenvalue weighted by Gasteiger charge is -2.25. The average molecular weight is 561 g/mol. The van der Waals surface area contributed by atoms with Crippen molar-refractivity contribution in [1.82, 2.24) is 21.3 Å². The van der Waals surface area contributed by atoms with Crippen molar-refractivity contribution in [3.8, 4) is 0 Å². The van der Waals surface area contributed by atoms with Gasteiger partial charge in [-0.1, -0.05) is 56.3 Å². The minimum Gasteiger partial charge on any atom is -0.463 e. The van der Waals surface area contributed by atoms with Crippen LogP contribution < -0.4 is 21.3 Å². The Morgan fingerprint density at radius 2 is 1.65 bits per heavy atom. The molecule has 0 aliphatic carbocycles. The molecule has 1 saturated heterocycles. The quantitative estimate of drug-likeness (QED) is 0.240. The van der Waals surface area contributed by atoms with E-state index in [1.807, 2.05) is 36.4 Å². The largest absolute Gasteiger partial charge is 0.463 e. The third-order valence-corrected chi connectivity index (χ3v) is 5.51. The monoisotopic (exact) mass is 560 g/mol. The third kappa shape index (κ3) is 14.9. The molecule has 3 atom stereocenters. The highest BCUT2D eigenvalue weighted by atomic mass is 16.6. The van der Waals surface area contributed by atoms with Gasteiger partial charge in [0.25, 0.3) is 0 Å². The molecule has 0 spiro atoms. The smallest absolute Gasteiger partial charge is 0.408 e. The number of esters is 1. The van der Waals surface area contributed by atoms with Crippen molar-refractivity contribution in [2.45, 2.75) is 72.1 Å². The van der Waals surface area contributed by atoms with E-state index in [1.165, 1.54) is 12.2 Å². The van der Waals surface area contributed by atoms with Gasteiger partial charge in [0.15, 0.2) is 0 Å². The van der Waals surface area contributed by atoms with Crippen LogP contribution in [-0.4, -0.2) is 67.2 Å². The number of nitrogens with one attached hydrogen (secondary N) is 4. The highest BCUT2D eigenvalue weighted by Crippen LogP contribution is 2.17. The first-order chi connectivity index (χ1) is 18.8. The molecule has 4 amide bonds. The molecule has 1 fully saturated rings. The molecule has 222 valence electrons. The molecule has 1 aliphatic rings. The summed E-state index contributed by atoms with van der Waals surface area (Å²) in [5.74, 6) is -2.26. The number of hydrogen-bond acceptors (Lipinski definition) is 7. The first kappa shape index (κ1) is 34.1. The van der Waals surface area contributed by atoms with Crippen LogP contribution in [0.2, 0.25) is 0 Å². The van der Waals surface area contributed by atoms with Gasteiger partial charge >= 0.3 is 12.1 Å². The van der Waals surface area contributed by atoms with Gasteiger partial charge in [-0.05, 0) is 46.5 Å². The molecule has 0 radical (unpaired) electrons. The van der Waals surface area contributed by atoms with Gasteiger partial charge in [-0.3, -0.25) is 14.4 Å². The van der Waals surface area contributed by atoms with Crippen LogP contribution in [0.25, 0.3) is 0 Å². The second-order valence-corrected chi connectivity index (χ2v) is 10.5. The van der Waals surface area contributed by atoms with Gasteiger partial charge in [-0.2, -0.15) is 0 Å². The van der Waals surface area contributed by atoms with Crippen molar-refractivity contribution in [2.24, 2.45) is 11.8 Å². The fourth-order valence-corrected chi connectivity index (χ4v) is 3.64. The molecule has 1 aliphatic heterocycles. The molecule has 0 aromatic heterocycles. The van der Waals surface area contributed by atoms with Crippen molar-refractivity contribution >= 4 is 29.8 Å². The molecule has 0 saturated carbocycles. The van der Waals surface area contributed by atoms with E-state index in [1.54, 1.807) is 41.5 Å². The number of carbonyl (C=O) groups excluding carboxylic acids is 5. The van der Waals surface area contributed by atoms with Crippen molar-refractivity contribution < 1.29 is 33.4 Å². The Morgan fingerprint density at radius 1 is 1.05 bits per heavy atom. The van der Waals surface area contributed by atoms with E-state index in [0.29, 0.717) is 19.4 Å². The number of carbonyl (C=O) groups is 5. The number of hydrogen-bond donors (Lipinski definition) is 4. The van der Waals surface area contributed by atoms with E-state index >= 15 is 0 Å². The van der Waals surface area contributed by atoms with Crippen LogP contribution in [0.3, 0.4) is 0 Å². The lowest BCUT2D eigenvalue weighted by molar-refractivity contribution is -0.137. The number of amides is 4.